The SMILES string of the molecule is CC(CCNC(N)=NCC1CCC1)N(C)Cc1ccccc1.I. The zero-order valence-corrected chi connectivity index (χ0v) is 16.7. The maximum Gasteiger partial charge on any atom is 0.188 e. The second-order valence-electron chi connectivity index (χ2n) is 6.49. The number of aliphatic imine (C=N–C) groups is 1. The van der Waals surface area contributed by atoms with E-state index < -0.39 is 0 Å². The molecule has 1 saturated carbocycles. The van der Waals surface area contributed by atoms with Crippen molar-refractivity contribution in [3.63, 3.8) is 0 Å². The third kappa shape index (κ3) is 7.52. The molecule has 0 aromatic heterocycles. The van der Waals surface area contributed by atoms with Gasteiger partial charge in [0.2, 0.25) is 0 Å². The van der Waals surface area contributed by atoms with Crippen molar-refractivity contribution in [1.29, 1.82) is 0 Å². The van der Waals surface area contributed by atoms with Crippen LogP contribution in [-0.2, 0) is 6.54 Å². The van der Waals surface area contributed by atoms with Crippen LogP contribution in [0.1, 0.15) is 38.2 Å². The van der Waals surface area contributed by atoms with Gasteiger partial charge < -0.3 is 11.1 Å². The molecule has 3 N–H and O–H groups in total. The van der Waals surface area contributed by atoms with Crippen molar-refractivity contribution in [3.05, 3.63) is 35.9 Å². The van der Waals surface area contributed by atoms with Gasteiger partial charge in [-0.05, 0) is 44.7 Å². The molecule has 130 valence electrons. The predicted molar refractivity (Wildman–Crippen MR) is 109 cm³/mol. The standard InChI is InChI=1S/C18H30N4.HI/c1-15(22(2)14-17-7-4-3-5-8-17)11-12-20-18(19)21-13-16-9-6-10-16;/h3-5,7-8,15-16H,6,9-14H2,1-2H3,(H3,19,20,21);1H. The topological polar surface area (TPSA) is 53.6 Å². The van der Waals surface area contributed by atoms with E-state index in [4.69, 9.17) is 5.73 Å². The first-order chi connectivity index (χ1) is 10.6. The molecule has 1 aliphatic carbocycles. The smallest absolute Gasteiger partial charge is 0.188 e. The van der Waals surface area contributed by atoms with E-state index in [-0.39, 0.29) is 24.0 Å². The molecule has 0 amide bonds. The van der Waals surface area contributed by atoms with Gasteiger partial charge in [0, 0.05) is 25.7 Å². The summed E-state index contributed by atoms with van der Waals surface area (Å²) in [6.07, 6.45) is 5.05. The van der Waals surface area contributed by atoms with E-state index in [0.717, 1.165) is 32.0 Å². The highest BCUT2D eigenvalue weighted by molar-refractivity contribution is 14.0. The molecule has 1 aromatic rings. The molecule has 1 aliphatic rings. The molecule has 1 atom stereocenters. The Hall–Kier alpha value is -0.820. The van der Waals surface area contributed by atoms with Gasteiger partial charge in [-0.2, -0.15) is 0 Å². The lowest BCUT2D eigenvalue weighted by atomic mass is 9.86. The van der Waals surface area contributed by atoms with Gasteiger partial charge in [0.15, 0.2) is 5.96 Å². The maximum absolute atomic E-state index is 5.91. The Labute approximate surface area is 157 Å². The number of nitrogens with one attached hydrogen (secondary N) is 1. The van der Waals surface area contributed by atoms with Crippen molar-refractivity contribution in [2.24, 2.45) is 16.6 Å². The maximum atomic E-state index is 5.91. The molecule has 1 unspecified atom stereocenters. The zero-order chi connectivity index (χ0) is 15.8. The molecule has 1 fully saturated rings. The average molecular weight is 430 g/mol. The molecular formula is C18H31IN4. The largest absolute Gasteiger partial charge is 0.370 e. The molecule has 0 heterocycles. The summed E-state index contributed by atoms with van der Waals surface area (Å²) < 4.78 is 0. The summed E-state index contributed by atoms with van der Waals surface area (Å²) >= 11 is 0. The van der Waals surface area contributed by atoms with Gasteiger partial charge in [0.1, 0.15) is 0 Å². The highest BCUT2D eigenvalue weighted by atomic mass is 127. The molecule has 2 rings (SSSR count). The molecule has 0 aliphatic heterocycles. The Morgan fingerprint density at radius 3 is 2.65 bits per heavy atom. The fraction of sp³-hybridized carbons (Fsp3) is 0.611. The number of rotatable bonds is 8. The summed E-state index contributed by atoms with van der Waals surface area (Å²) in [4.78, 5) is 6.80. The van der Waals surface area contributed by atoms with E-state index in [1.807, 2.05) is 0 Å². The second kappa shape index (κ2) is 10.9. The molecule has 0 bridgehead atoms. The highest BCUT2D eigenvalue weighted by Crippen LogP contribution is 2.26. The second-order valence-corrected chi connectivity index (χ2v) is 6.49. The van der Waals surface area contributed by atoms with E-state index in [1.165, 1.54) is 24.8 Å². The highest BCUT2D eigenvalue weighted by Gasteiger charge is 2.16. The fourth-order valence-electron chi connectivity index (χ4n) is 2.62. The molecular weight excluding hydrogens is 399 g/mol. The van der Waals surface area contributed by atoms with Crippen molar-refractivity contribution in [2.75, 3.05) is 20.1 Å². The van der Waals surface area contributed by atoms with Crippen molar-refractivity contribution in [3.8, 4) is 0 Å². The van der Waals surface area contributed by atoms with Crippen LogP contribution in [0.15, 0.2) is 35.3 Å². The lowest BCUT2D eigenvalue weighted by molar-refractivity contribution is 0.238. The van der Waals surface area contributed by atoms with E-state index >= 15 is 0 Å². The van der Waals surface area contributed by atoms with Crippen LogP contribution in [0.5, 0.6) is 0 Å². The first-order valence-electron chi connectivity index (χ1n) is 8.43. The number of nitrogens with two attached hydrogens (primary N) is 1. The number of nitrogens with zero attached hydrogens (tertiary/aromatic N) is 2. The summed E-state index contributed by atoms with van der Waals surface area (Å²) in [6.45, 7) is 5.00. The Morgan fingerprint density at radius 2 is 2.04 bits per heavy atom. The fourth-order valence-corrected chi connectivity index (χ4v) is 2.62. The van der Waals surface area contributed by atoms with Gasteiger partial charge in [-0.25, -0.2) is 0 Å². The predicted octanol–water partition coefficient (Wildman–Crippen LogP) is 3.22. The molecule has 1 aromatic carbocycles. The number of hydrogen-bond acceptors (Lipinski definition) is 2. The first-order valence-corrected chi connectivity index (χ1v) is 8.43. The van der Waals surface area contributed by atoms with E-state index in [9.17, 15) is 0 Å². The summed E-state index contributed by atoms with van der Waals surface area (Å²) in [6, 6.07) is 11.1. The van der Waals surface area contributed by atoms with E-state index in [1.54, 1.807) is 0 Å². The van der Waals surface area contributed by atoms with Crippen LogP contribution >= 0.6 is 24.0 Å². The van der Waals surface area contributed by atoms with Crippen molar-refractivity contribution >= 4 is 29.9 Å². The van der Waals surface area contributed by atoms with Crippen molar-refractivity contribution < 1.29 is 0 Å². The Balaban J connectivity index is 0.00000264. The van der Waals surface area contributed by atoms with Gasteiger partial charge in [-0.3, -0.25) is 9.89 Å². The van der Waals surface area contributed by atoms with Crippen LogP contribution in [0.25, 0.3) is 0 Å². The lowest BCUT2D eigenvalue weighted by Crippen LogP contribution is -2.37. The summed E-state index contributed by atoms with van der Waals surface area (Å²) in [5.41, 5.74) is 7.27. The van der Waals surface area contributed by atoms with Crippen LogP contribution < -0.4 is 11.1 Å². The van der Waals surface area contributed by atoms with Gasteiger partial charge in [-0.15, -0.1) is 24.0 Å². The minimum absolute atomic E-state index is 0. The Kier molecular flexibility index (Phi) is 9.55. The molecule has 4 nitrogen and oxygen atoms in total. The minimum atomic E-state index is 0. The molecule has 5 heteroatoms. The minimum Gasteiger partial charge on any atom is -0.370 e. The zero-order valence-electron chi connectivity index (χ0n) is 14.4. The summed E-state index contributed by atoms with van der Waals surface area (Å²) in [7, 11) is 2.17. The number of halogens is 1. The monoisotopic (exact) mass is 430 g/mol. The molecule has 23 heavy (non-hydrogen) atoms. The van der Waals surface area contributed by atoms with Crippen LogP contribution in [0, 0.1) is 5.92 Å². The summed E-state index contributed by atoms with van der Waals surface area (Å²) in [5, 5.41) is 3.24. The normalized spacial score (nSPS) is 16.6. The van der Waals surface area contributed by atoms with Crippen molar-refractivity contribution in [1.82, 2.24) is 10.2 Å². The summed E-state index contributed by atoms with van der Waals surface area (Å²) in [5.74, 6) is 1.38. The van der Waals surface area contributed by atoms with Crippen LogP contribution in [-0.4, -0.2) is 37.0 Å². The third-order valence-electron chi connectivity index (χ3n) is 4.64. The number of benzene rings is 1. The quantitative estimate of drug-likeness (QED) is 0.378. The van der Waals surface area contributed by atoms with Gasteiger partial charge in [0.25, 0.3) is 0 Å². The molecule has 0 spiro atoms. The van der Waals surface area contributed by atoms with Gasteiger partial charge in [-0.1, -0.05) is 36.8 Å². The first kappa shape index (κ1) is 20.2. The average Bonchev–Trinajstić information content (AvgIpc) is 2.46. The van der Waals surface area contributed by atoms with Crippen LogP contribution in [0.3, 0.4) is 0 Å². The molecule has 0 radical (unpaired) electrons. The van der Waals surface area contributed by atoms with Gasteiger partial charge in [0.05, 0.1) is 0 Å². The van der Waals surface area contributed by atoms with Crippen LogP contribution in [0.4, 0.5) is 0 Å². The number of guanidine groups is 1. The Morgan fingerprint density at radius 1 is 1.35 bits per heavy atom. The lowest BCUT2D eigenvalue weighted by Gasteiger charge is -2.25. The van der Waals surface area contributed by atoms with E-state index in [0.29, 0.717) is 12.0 Å². The van der Waals surface area contributed by atoms with Crippen molar-refractivity contribution in [2.45, 2.75) is 45.2 Å². The Bertz CT molecular complexity index is 459. The van der Waals surface area contributed by atoms with Gasteiger partial charge >= 0.3 is 0 Å². The molecule has 0 saturated heterocycles. The third-order valence-corrected chi connectivity index (χ3v) is 4.64. The van der Waals surface area contributed by atoms with E-state index in [2.05, 4.69) is 59.5 Å². The number of hydrogen-bond donors (Lipinski definition) is 2. The van der Waals surface area contributed by atoms with Crippen LogP contribution in [0.2, 0.25) is 0 Å².